The Labute approximate surface area is 237 Å². The average molecular weight is 598 g/mol. The molecule has 2 fully saturated rings. The largest absolute Gasteiger partial charge is 0.465 e. The van der Waals surface area contributed by atoms with E-state index in [0.29, 0.717) is 6.42 Å². The van der Waals surface area contributed by atoms with Crippen molar-refractivity contribution in [1.29, 1.82) is 0 Å². The van der Waals surface area contributed by atoms with Gasteiger partial charge in [0, 0.05) is 12.3 Å². The van der Waals surface area contributed by atoms with E-state index in [0.717, 1.165) is 5.56 Å². The van der Waals surface area contributed by atoms with Crippen LogP contribution in [0.15, 0.2) is 52.2 Å². The number of hydrogen-bond acceptors (Lipinski definition) is 10. The van der Waals surface area contributed by atoms with Gasteiger partial charge in [-0.2, -0.15) is 0 Å². The molecule has 2 aromatic rings. The Kier molecular flexibility index (Phi) is 9.79. The lowest BCUT2D eigenvalue weighted by atomic mass is 10.1. The number of H-pyrrole nitrogens is 1. The highest BCUT2D eigenvalue weighted by molar-refractivity contribution is 8.09. The minimum Gasteiger partial charge on any atom is -0.465 e. The first-order chi connectivity index (χ1) is 18.9. The van der Waals surface area contributed by atoms with Gasteiger partial charge in [-0.05, 0) is 58.4 Å². The Balaban J connectivity index is 1.55. The summed E-state index contributed by atoms with van der Waals surface area (Å²) in [6.45, 7) is 5.74. The van der Waals surface area contributed by atoms with Crippen LogP contribution < -0.4 is 16.3 Å². The fourth-order valence-electron chi connectivity index (χ4n) is 4.66. The van der Waals surface area contributed by atoms with E-state index in [-0.39, 0.29) is 19.3 Å². The molecule has 0 aliphatic carbocycles. The molecule has 220 valence electrons. The predicted molar refractivity (Wildman–Crippen MR) is 149 cm³/mol. The molecule has 2 saturated heterocycles. The molecule has 40 heavy (non-hydrogen) atoms. The molecule has 0 radical (unpaired) electrons. The van der Waals surface area contributed by atoms with Crippen LogP contribution in [0.5, 0.6) is 0 Å². The third-order valence-electron chi connectivity index (χ3n) is 6.18. The van der Waals surface area contributed by atoms with Crippen molar-refractivity contribution in [3.05, 3.63) is 69.0 Å². The molecule has 1 aromatic heterocycles. The lowest BCUT2D eigenvalue weighted by molar-refractivity contribution is -0.200. The third kappa shape index (κ3) is 7.54. The van der Waals surface area contributed by atoms with Crippen molar-refractivity contribution in [2.75, 3.05) is 13.2 Å². The number of ether oxygens (including phenoxy) is 4. The zero-order valence-corrected chi connectivity index (χ0v) is 24.8. The van der Waals surface area contributed by atoms with E-state index < -0.39 is 60.2 Å². The Hall–Kier alpha value is -2.22. The maximum Gasteiger partial charge on any atom is 0.330 e. The Morgan fingerprint density at radius 3 is 2.52 bits per heavy atom. The summed E-state index contributed by atoms with van der Waals surface area (Å²) in [4.78, 5) is 39.3. The molecular weight excluding hydrogens is 561 g/mol. The van der Waals surface area contributed by atoms with Gasteiger partial charge in [-0.3, -0.25) is 19.1 Å². The van der Waals surface area contributed by atoms with Gasteiger partial charge in [0.2, 0.25) is 0 Å². The van der Waals surface area contributed by atoms with Gasteiger partial charge in [0.05, 0.1) is 19.3 Å². The number of nitrogens with one attached hydrogen (secondary N) is 2. The average Bonchev–Trinajstić information content (AvgIpc) is 3.36. The van der Waals surface area contributed by atoms with Crippen molar-refractivity contribution in [3.63, 3.8) is 0 Å². The molecule has 2 aliphatic rings. The van der Waals surface area contributed by atoms with Crippen molar-refractivity contribution in [3.8, 4) is 0 Å². The highest BCUT2D eigenvalue weighted by Crippen LogP contribution is 2.49. The molecule has 3 heterocycles. The summed E-state index contributed by atoms with van der Waals surface area (Å²) >= 11 is 5.86. The number of esters is 1. The first-order valence-electron chi connectivity index (χ1n) is 13.1. The van der Waals surface area contributed by atoms with Gasteiger partial charge in [0.15, 0.2) is 12.0 Å². The molecule has 12 nitrogen and oxygen atoms in total. The highest BCUT2D eigenvalue weighted by atomic mass is 32.5. The number of aromatic amines is 1. The Morgan fingerprint density at radius 2 is 1.88 bits per heavy atom. The van der Waals surface area contributed by atoms with Gasteiger partial charge in [0.1, 0.15) is 24.4 Å². The van der Waals surface area contributed by atoms with E-state index in [9.17, 15) is 14.4 Å². The van der Waals surface area contributed by atoms with Gasteiger partial charge in [-0.15, -0.1) is 0 Å². The van der Waals surface area contributed by atoms with Crippen LogP contribution in [0.3, 0.4) is 0 Å². The summed E-state index contributed by atoms with van der Waals surface area (Å²) < 4.78 is 37.2. The number of carbonyl (C=O) groups excluding carboxylic acids is 1. The third-order valence-corrected chi connectivity index (χ3v) is 8.88. The fraction of sp³-hybridized carbons (Fsp3) is 0.577. The normalized spacial score (nSPS) is 25.9. The van der Waals surface area contributed by atoms with Gasteiger partial charge < -0.3 is 28.0 Å². The van der Waals surface area contributed by atoms with Crippen molar-refractivity contribution in [1.82, 2.24) is 14.6 Å². The maximum atomic E-state index is 12.9. The van der Waals surface area contributed by atoms with Crippen LogP contribution in [0, 0.1) is 0 Å². The Bertz CT molecular complexity index is 1330. The first kappa shape index (κ1) is 30.7. The molecule has 14 heteroatoms. The standard InChI is InChI=1S/C26H36N3O9PS/c1-6-33-24(31)18(14-17-10-8-7-9-11-17)28-39(40,38-16(2)3)34-15-19-21-22(37-26(4,5)36-21)23(35-19)29-13-12-20(30)27-25(29)32/h7-13,16,18-19,21-23H,6,14-15H2,1-5H3,(H,28,40)(H,27,30,32)/t18-,19+,21+,22+,23+,39?/m0/s1. The van der Waals surface area contributed by atoms with Crippen LogP contribution in [0.25, 0.3) is 0 Å². The van der Waals surface area contributed by atoms with E-state index in [4.69, 9.17) is 39.8 Å². The van der Waals surface area contributed by atoms with Crippen molar-refractivity contribution < 1.29 is 32.8 Å². The van der Waals surface area contributed by atoms with Crippen LogP contribution in [0.1, 0.15) is 46.4 Å². The minimum absolute atomic E-state index is 0.0763. The molecular formula is C26H36N3O9PS. The summed E-state index contributed by atoms with van der Waals surface area (Å²) in [5, 5.41) is 3.14. The number of rotatable bonds is 12. The van der Waals surface area contributed by atoms with Gasteiger partial charge in [-0.1, -0.05) is 30.3 Å². The lowest BCUT2D eigenvalue weighted by Gasteiger charge is -2.30. The van der Waals surface area contributed by atoms with Gasteiger partial charge >= 0.3 is 11.7 Å². The summed E-state index contributed by atoms with van der Waals surface area (Å²) in [6.07, 6.45) is -1.50. The first-order valence-corrected chi connectivity index (χ1v) is 15.8. The second kappa shape index (κ2) is 12.7. The molecule has 2 N–H and O–H groups in total. The van der Waals surface area contributed by atoms with E-state index in [1.807, 2.05) is 44.2 Å². The molecule has 1 unspecified atom stereocenters. The molecule has 0 spiro atoms. The van der Waals surface area contributed by atoms with Crippen LogP contribution in [0.2, 0.25) is 0 Å². The molecule has 0 saturated carbocycles. The number of benzene rings is 1. The monoisotopic (exact) mass is 597 g/mol. The second-order valence-electron chi connectivity index (χ2n) is 10.2. The van der Waals surface area contributed by atoms with Crippen molar-refractivity contribution in [2.24, 2.45) is 0 Å². The van der Waals surface area contributed by atoms with E-state index in [1.165, 1.54) is 16.8 Å². The molecule has 4 rings (SSSR count). The van der Waals surface area contributed by atoms with Gasteiger partial charge in [-0.25, -0.2) is 9.88 Å². The van der Waals surface area contributed by atoms with E-state index in [2.05, 4.69) is 10.1 Å². The van der Waals surface area contributed by atoms with Crippen LogP contribution in [0.4, 0.5) is 0 Å². The smallest absolute Gasteiger partial charge is 0.330 e. The van der Waals surface area contributed by atoms with Crippen LogP contribution in [-0.4, -0.2) is 65.0 Å². The number of fused-ring (bicyclic) bond motifs is 1. The summed E-state index contributed by atoms with van der Waals surface area (Å²) in [7, 11) is 0. The summed E-state index contributed by atoms with van der Waals surface area (Å²) in [5.41, 5.74) is -0.253. The molecule has 0 bridgehead atoms. The highest BCUT2D eigenvalue weighted by Gasteiger charge is 2.56. The number of aromatic nitrogens is 2. The van der Waals surface area contributed by atoms with E-state index >= 15 is 0 Å². The second-order valence-corrected chi connectivity index (χ2v) is 13.4. The predicted octanol–water partition coefficient (Wildman–Crippen LogP) is 2.38. The van der Waals surface area contributed by atoms with E-state index in [1.54, 1.807) is 20.8 Å². The number of hydrogen-bond donors (Lipinski definition) is 2. The topological polar surface area (TPSA) is 139 Å². The molecule has 6 atom stereocenters. The quantitative estimate of drug-likeness (QED) is 0.275. The van der Waals surface area contributed by atoms with Crippen LogP contribution >= 0.6 is 6.64 Å². The minimum atomic E-state index is -3.28. The SMILES string of the molecule is CCOC(=O)[C@H](Cc1ccccc1)NP(=S)(OC[C@H]1O[C@@H](n2ccc(=O)[nH]c2=O)[C@@H]2OC(C)(C)O[C@@H]21)OC(C)C. The van der Waals surface area contributed by atoms with Gasteiger partial charge in [0.25, 0.3) is 12.2 Å². The number of carbonyl (C=O) groups is 1. The van der Waals surface area contributed by atoms with Crippen LogP contribution in [-0.2, 0) is 51.0 Å². The molecule has 0 amide bonds. The maximum absolute atomic E-state index is 12.9. The molecule has 1 aromatic carbocycles. The summed E-state index contributed by atoms with van der Waals surface area (Å²) in [5.74, 6) is -1.42. The number of nitrogens with zero attached hydrogens (tertiary/aromatic N) is 1. The fourth-order valence-corrected chi connectivity index (χ4v) is 7.41. The lowest BCUT2D eigenvalue weighted by Crippen LogP contribution is -2.40. The van der Waals surface area contributed by atoms with Crippen molar-refractivity contribution in [2.45, 2.75) is 83.5 Å². The van der Waals surface area contributed by atoms with Crippen molar-refractivity contribution >= 4 is 24.4 Å². The zero-order chi connectivity index (χ0) is 29.1. The Morgan fingerprint density at radius 1 is 1.18 bits per heavy atom. The molecule has 2 aliphatic heterocycles. The summed E-state index contributed by atoms with van der Waals surface area (Å²) in [6, 6.07) is 9.90. The zero-order valence-electron chi connectivity index (χ0n) is 23.1.